The Morgan fingerprint density at radius 3 is 2.55 bits per heavy atom. The summed E-state index contributed by atoms with van der Waals surface area (Å²) in [4.78, 5) is 26.9. The molecule has 9 heteroatoms. The fraction of sp³-hybridized carbons (Fsp3) is 0.364. The highest BCUT2D eigenvalue weighted by Crippen LogP contribution is 2.34. The predicted octanol–water partition coefficient (Wildman–Crippen LogP) is 4.51. The van der Waals surface area contributed by atoms with Crippen LogP contribution in [0.4, 0.5) is 9.18 Å². The lowest BCUT2D eigenvalue weighted by molar-refractivity contribution is -0.133. The van der Waals surface area contributed by atoms with Crippen LogP contribution in [0.15, 0.2) is 42.5 Å². The molecule has 0 aromatic heterocycles. The average molecular weight is 469 g/mol. The molecule has 0 radical (unpaired) electrons. The van der Waals surface area contributed by atoms with Crippen LogP contribution in [0.2, 0.25) is 10.0 Å². The Bertz CT molecular complexity index is 957. The molecule has 0 bridgehead atoms. The molecule has 2 aromatic carbocycles. The number of carbonyl (C=O) groups excluding carboxylic acids is 2. The van der Waals surface area contributed by atoms with Crippen LogP contribution < -0.4 is 10.1 Å². The topological polar surface area (TPSA) is 78.9 Å². The molecule has 2 aromatic rings. The van der Waals surface area contributed by atoms with Gasteiger partial charge in [-0.2, -0.15) is 0 Å². The van der Waals surface area contributed by atoms with E-state index in [0.29, 0.717) is 29.2 Å². The van der Waals surface area contributed by atoms with Gasteiger partial charge in [0.15, 0.2) is 0 Å². The first-order valence-electron chi connectivity index (χ1n) is 9.93. The van der Waals surface area contributed by atoms with Crippen molar-refractivity contribution < 1.29 is 23.8 Å². The molecule has 31 heavy (non-hydrogen) atoms. The maximum atomic E-state index is 13.4. The number of ether oxygens (including phenoxy) is 1. The number of β-amino-alcohol motifs (C(OH)–C–C–N with tert-alkyl or cyclic N) is 1. The van der Waals surface area contributed by atoms with Gasteiger partial charge in [-0.25, -0.2) is 9.18 Å². The predicted molar refractivity (Wildman–Crippen MR) is 116 cm³/mol. The number of halogens is 3. The van der Waals surface area contributed by atoms with Crippen LogP contribution in [0.1, 0.15) is 31.7 Å². The molecular formula is C22H23Cl2FN2O4. The Labute approximate surface area is 189 Å². The van der Waals surface area contributed by atoms with Gasteiger partial charge < -0.3 is 15.2 Å². The molecule has 166 valence electrons. The number of aliphatic hydroxyl groups excluding tert-OH is 1. The molecule has 0 saturated carbocycles. The number of urea groups is 1. The Balaban J connectivity index is 1.73. The standard InChI is InChI=1S/C22H23Cl2FN2O4/c1-2-3-10-22(14-4-7-16(25)8-5-14)20(29)27(21(30)26-22)12-17(28)13-31-19-9-6-15(23)11-18(19)24/h4-9,11,17,28H,2-3,10,12-13H2,1H3,(H,26,30). The van der Waals surface area contributed by atoms with Gasteiger partial charge in [0.05, 0.1) is 11.6 Å². The first-order valence-corrected chi connectivity index (χ1v) is 10.7. The summed E-state index contributed by atoms with van der Waals surface area (Å²) in [5, 5.41) is 13.9. The van der Waals surface area contributed by atoms with Crippen molar-refractivity contribution in [3.05, 3.63) is 63.9 Å². The van der Waals surface area contributed by atoms with E-state index in [0.717, 1.165) is 11.3 Å². The van der Waals surface area contributed by atoms with Crippen molar-refractivity contribution in [3.8, 4) is 5.75 Å². The fourth-order valence-electron chi connectivity index (χ4n) is 3.52. The molecule has 3 rings (SSSR count). The maximum Gasteiger partial charge on any atom is 0.325 e. The zero-order valence-electron chi connectivity index (χ0n) is 16.9. The quantitative estimate of drug-likeness (QED) is 0.530. The number of nitrogens with zero attached hydrogens (tertiary/aromatic N) is 1. The zero-order chi connectivity index (χ0) is 22.6. The Morgan fingerprint density at radius 1 is 1.19 bits per heavy atom. The molecule has 1 saturated heterocycles. The second-order valence-corrected chi connectivity index (χ2v) is 8.24. The third-order valence-corrected chi connectivity index (χ3v) is 5.67. The zero-order valence-corrected chi connectivity index (χ0v) is 18.4. The van der Waals surface area contributed by atoms with Gasteiger partial charge in [-0.15, -0.1) is 0 Å². The van der Waals surface area contributed by atoms with E-state index >= 15 is 0 Å². The lowest BCUT2D eigenvalue weighted by atomic mass is 9.84. The highest BCUT2D eigenvalue weighted by atomic mass is 35.5. The van der Waals surface area contributed by atoms with E-state index in [9.17, 15) is 19.1 Å². The van der Waals surface area contributed by atoms with E-state index < -0.39 is 29.4 Å². The largest absolute Gasteiger partial charge is 0.489 e. The SMILES string of the molecule is CCCCC1(c2ccc(F)cc2)NC(=O)N(CC(O)COc2ccc(Cl)cc2Cl)C1=O. The van der Waals surface area contributed by atoms with Crippen molar-refractivity contribution in [2.45, 2.75) is 37.8 Å². The summed E-state index contributed by atoms with van der Waals surface area (Å²) in [6.07, 6.45) is 0.711. The van der Waals surface area contributed by atoms with Gasteiger partial charge in [0.1, 0.15) is 29.8 Å². The van der Waals surface area contributed by atoms with Crippen molar-refractivity contribution in [2.24, 2.45) is 0 Å². The summed E-state index contributed by atoms with van der Waals surface area (Å²) in [6.45, 7) is 1.53. The van der Waals surface area contributed by atoms with Crippen LogP contribution in [0.3, 0.4) is 0 Å². The Hall–Kier alpha value is -2.35. The monoisotopic (exact) mass is 468 g/mol. The molecule has 3 amide bonds. The number of hydrogen-bond acceptors (Lipinski definition) is 4. The molecular weight excluding hydrogens is 446 g/mol. The fourth-order valence-corrected chi connectivity index (χ4v) is 3.98. The number of imide groups is 1. The van der Waals surface area contributed by atoms with E-state index in [2.05, 4.69) is 5.32 Å². The molecule has 6 nitrogen and oxygen atoms in total. The molecule has 2 atom stereocenters. The van der Waals surface area contributed by atoms with E-state index in [-0.39, 0.29) is 18.2 Å². The summed E-state index contributed by atoms with van der Waals surface area (Å²) in [5.74, 6) is -0.594. The number of aliphatic hydroxyl groups is 1. The van der Waals surface area contributed by atoms with Gasteiger partial charge >= 0.3 is 6.03 Å². The molecule has 1 fully saturated rings. The summed E-state index contributed by atoms with van der Waals surface area (Å²) >= 11 is 11.9. The number of unbranched alkanes of at least 4 members (excludes halogenated alkanes) is 1. The summed E-state index contributed by atoms with van der Waals surface area (Å²) < 4.78 is 18.9. The number of benzene rings is 2. The highest BCUT2D eigenvalue weighted by molar-refractivity contribution is 6.35. The van der Waals surface area contributed by atoms with Gasteiger partial charge in [0, 0.05) is 5.02 Å². The average Bonchev–Trinajstić information content (AvgIpc) is 2.97. The maximum absolute atomic E-state index is 13.4. The Kier molecular flexibility index (Phi) is 7.41. The third kappa shape index (κ3) is 5.11. The Morgan fingerprint density at radius 2 is 1.90 bits per heavy atom. The normalized spacial score (nSPS) is 19.5. The van der Waals surface area contributed by atoms with Crippen molar-refractivity contribution in [3.63, 3.8) is 0 Å². The third-order valence-electron chi connectivity index (χ3n) is 5.14. The molecule has 2 unspecified atom stereocenters. The molecule has 2 N–H and O–H groups in total. The van der Waals surface area contributed by atoms with Crippen LogP contribution in [0, 0.1) is 5.82 Å². The minimum Gasteiger partial charge on any atom is -0.489 e. The number of rotatable bonds is 9. The molecule has 1 aliphatic heterocycles. The van der Waals surface area contributed by atoms with Crippen LogP contribution >= 0.6 is 23.2 Å². The second kappa shape index (κ2) is 9.85. The van der Waals surface area contributed by atoms with Crippen molar-refractivity contribution >= 4 is 35.1 Å². The number of carbonyl (C=O) groups is 2. The van der Waals surface area contributed by atoms with E-state index in [1.54, 1.807) is 12.1 Å². The molecule has 1 heterocycles. The number of nitrogens with one attached hydrogen (secondary N) is 1. The summed E-state index contributed by atoms with van der Waals surface area (Å²) in [6, 6.07) is 9.55. The molecule has 0 spiro atoms. The molecule has 1 aliphatic rings. The summed E-state index contributed by atoms with van der Waals surface area (Å²) in [5.41, 5.74) is -0.789. The van der Waals surface area contributed by atoms with Crippen molar-refractivity contribution in [1.82, 2.24) is 10.2 Å². The highest BCUT2D eigenvalue weighted by Gasteiger charge is 2.52. The van der Waals surface area contributed by atoms with Crippen LogP contribution in [0.25, 0.3) is 0 Å². The van der Waals surface area contributed by atoms with Gasteiger partial charge in [-0.05, 0) is 42.3 Å². The van der Waals surface area contributed by atoms with Crippen molar-refractivity contribution in [1.29, 1.82) is 0 Å². The van der Waals surface area contributed by atoms with E-state index in [1.807, 2.05) is 6.92 Å². The van der Waals surface area contributed by atoms with Crippen molar-refractivity contribution in [2.75, 3.05) is 13.2 Å². The summed E-state index contributed by atoms with van der Waals surface area (Å²) in [7, 11) is 0. The first-order chi connectivity index (χ1) is 14.8. The van der Waals surface area contributed by atoms with Gasteiger partial charge in [0.2, 0.25) is 0 Å². The van der Waals surface area contributed by atoms with E-state index in [4.69, 9.17) is 27.9 Å². The van der Waals surface area contributed by atoms with E-state index in [1.165, 1.54) is 30.3 Å². The van der Waals surface area contributed by atoms with Gasteiger partial charge in [-0.3, -0.25) is 9.69 Å². The van der Waals surface area contributed by atoms with Crippen LogP contribution in [-0.4, -0.2) is 41.2 Å². The lowest BCUT2D eigenvalue weighted by Gasteiger charge is -2.27. The number of amides is 3. The second-order valence-electron chi connectivity index (χ2n) is 7.40. The van der Waals surface area contributed by atoms with Gasteiger partial charge in [-0.1, -0.05) is 55.1 Å². The van der Waals surface area contributed by atoms with Crippen LogP contribution in [-0.2, 0) is 10.3 Å². The smallest absolute Gasteiger partial charge is 0.325 e. The minimum absolute atomic E-state index is 0.184. The lowest BCUT2D eigenvalue weighted by Crippen LogP contribution is -2.45. The van der Waals surface area contributed by atoms with Gasteiger partial charge in [0.25, 0.3) is 5.91 Å². The number of hydrogen-bond donors (Lipinski definition) is 2. The molecule has 0 aliphatic carbocycles. The van der Waals surface area contributed by atoms with Crippen LogP contribution in [0.5, 0.6) is 5.75 Å². The first kappa shape index (κ1) is 23.3. The minimum atomic E-state index is -1.29.